The van der Waals surface area contributed by atoms with Crippen LogP contribution in [0.25, 0.3) is 0 Å². The van der Waals surface area contributed by atoms with E-state index in [2.05, 4.69) is 0 Å². The maximum atomic E-state index is 16.2. The number of hydrogen-bond acceptors (Lipinski definition) is 9. The summed E-state index contributed by atoms with van der Waals surface area (Å²) >= 11 is 0. The summed E-state index contributed by atoms with van der Waals surface area (Å²) in [4.78, 5) is 25.6. The number of hydrogen-bond donors (Lipinski definition) is 3. The number of aliphatic hydroxyl groups is 2. The van der Waals surface area contributed by atoms with Crippen molar-refractivity contribution in [3.05, 3.63) is 62.4 Å². The zero-order valence-electron chi connectivity index (χ0n) is 18.3. The highest BCUT2D eigenvalue weighted by Gasteiger charge is 2.69. The Labute approximate surface area is 189 Å². The van der Waals surface area contributed by atoms with Crippen molar-refractivity contribution >= 4 is 31.4 Å². The number of nitrogens with zero attached hydrogens (tertiary/aromatic N) is 1. The second-order valence-electron chi connectivity index (χ2n) is 8.65. The molecule has 174 valence electrons. The van der Waals surface area contributed by atoms with Gasteiger partial charge in [-0.15, -0.1) is 0 Å². The molecule has 2 aliphatic rings. The maximum Gasteiger partial charge on any atom is 0.529 e. The Hall–Kier alpha value is -2.15. The molecule has 3 heterocycles. The molecule has 1 saturated heterocycles. The van der Waals surface area contributed by atoms with Gasteiger partial charge < -0.3 is 19.5 Å². The van der Waals surface area contributed by atoms with Crippen molar-refractivity contribution < 1.29 is 37.5 Å². The van der Waals surface area contributed by atoms with Crippen LogP contribution >= 0.6 is 7.82 Å². The predicted octanol–water partition coefficient (Wildman–Crippen LogP) is -2.84. The highest BCUT2D eigenvalue weighted by molar-refractivity contribution is 7.49. The Balaban J connectivity index is 1.67. The monoisotopic (exact) mass is 480 g/mol. The maximum absolute atomic E-state index is 16.2. The molecule has 33 heavy (non-hydrogen) atoms. The zero-order valence-corrected chi connectivity index (χ0v) is 19.2. The minimum Gasteiger partial charge on any atom is -0.403 e. The van der Waals surface area contributed by atoms with Crippen molar-refractivity contribution in [3.8, 4) is 5.75 Å². The van der Waals surface area contributed by atoms with Gasteiger partial charge >= 0.3 is 13.5 Å². The molecule has 16 heteroatoms. The van der Waals surface area contributed by atoms with Crippen molar-refractivity contribution in [2.75, 3.05) is 0 Å². The second-order valence-corrected chi connectivity index (χ2v) is 10.2. The third-order valence-electron chi connectivity index (χ3n) is 5.92. The Morgan fingerprint density at radius 3 is 2.67 bits per heavy atom. The molecule has 2 aliphatic heterocycles. The van der Waals surface area contributed by atoms with Crippen LogP contribution in [0.15, 0.2) is 40.1 Å². The minimum absolute atomic E-state index is 0.125. The Kier molecular flexibility index (Phi) is 5.59. The molecular formula is C17H21B3FN2O9P. The molecule has 1 unspecified atom stereocenters. The van der Waals surface area contributed by atoms with Crippen molar-refractivity contribution in [2.45, 2.75) is 42.6 Å². The summed E-state index contributed by atoms with van der Waals surface area (Å²) in [6.07, 6.45) is -3.24. The first kappa shape index (κ1) is 24.0. The van der Waals surface area contributed by atoms with E-state index in [0.29, 0.717) is 11.1 Å². The summed E-state index contributed by atoms with van der Waals surface area (Å²) < 4.78 is 51.9. The fourth-order valence-electron chi connectivity index (χ4n) is 3.99. The summed E-state index contributed by atoms with van der Waals surface area (Å²) in [5.74, 6) is -2.92. The van der Waals surface area contributed by atoms with Gasteiger partial charge in [0, 0.05) is 17.8 Å². The van der Waals surface area contributed by atoms with Crippen LogP contribution in [0, 0.1) is 6.92 Å². The van der Waals surface area contributed by atoms with Gasteiger partial charge in [0.25, 0.3) is 11.4 Å². The molecule has 0 bridgehead atoms. The summed E-state index contributed by atoms with van der Waals surface area (Å²) in [5.41, 5.74) is -2.59. The lowest BCUT2D eigenvalue weighted by molar-refractivity contribution is -0.240. The summed E-state index contributed by atoms with van der Waals surface area (Å²) in [6, 6.07) is 6.17. The number of phosphoric acid groups is 1. The van der Waals surface area contributed by atoms with Gasteiger partial charge in [0.2, 0.25) is 0 Å². The molecule has 5 atom stereocenters. The molecule has 0 amide bonds. The highest BCUT2D eigenvalue weighted by atomic mass is 31.2. The topological polar surface area (TPSA) is 149 Å². The van der Waals surface area contributed by atoms with E-state index < -0.39 is 48.2 Å². The number of ether oxygens (including phenoxy) is 1. The second kappa shape index (κ2) is 7.69. The molecule has 0 radical (unpaired) electrons. The lowest BCUT2D eigenvalue weighted by Crippen LogP contribution is -2.60. The van der Waals surface area contributed by atoms with Gasteiger partial charge in [-0.25, -0.2) is 13.8 Å². The molecule has 3 N–H and O–H groups in total. The fraction of sp³-hybridized carbons (Fsp3) is 0.412. The SMILES string of the molecule is BC(B)(OP1(=O)OCc2cccc(C)c2O1)[C@@]1(F)O[C@@](B)(n2ccc(=O)[nH]c2=O)[C@H](O)[C@@H]1O. The van der Waals surface area contributed by atoms with Crippen molar-refractivity contribution in [1.29, 1.82) is 0 Å². The molecule has 0 aliphatic carbocycles. The van der Waals surface area contributed by atoms with E-state index in [1.165, 1.54) is 0 Å². The van der Waals surface area contributed by atoms with E-state index in [1.807, 2.05) is 4.98 Å². The van der Waals surface area contributed by atoms with Crippen LogP contribution in [0.2, 0.25) is 0 Å². The van der Waals surface area contributed by atoms with Crippen LogP contribution in [0.1, 0.15) is 11.1 Å². The number of halogens is 1. The van der Waals surface area contributed by atoms with E-state index in [0.717, 1.165) is 40.4 Å². The number of aryl methyl sites for hydroxylation is 1. The van der Waals surface area contributed by atoms with Crippen molar-refractivity contribution in [3.63, 3.8) is 0 Å². The van der Waals surface area contributed by atoms with Gasteiger partial charge in [-0.1, -0.05) is 18.2 Å². The van der Waals surface area contributed by atoms with Crippen LogP contribution in [0.5, 0.6) is 5.75 Å². The Bertz CT molecular complexity index is 1270. The van der Waals surface area contributed by atoms with Gasteiger partial charge in [-0.2, -0.15) is 0 Å². The minimum atomic E-state index is -4.39. The third-order valence-corrected chi connectivity index (χ3v) is 7.45. The van der Waals surface area contributed by atoms with E-state index in [4.69, 9.17) is 18.3 Å². The number of aromatic amines is 1. The quantitative estimate of drug-likeness (QED) is 0.311. The third kappa shape index (κ3) is 3.73. The molecule has 11 nitrogen and oxygen atoms in total. The van der Waals surface area contributed by atoms with E-state index in [1.54, 1.807) is 25.1 Å². The number of para-hydroxylation sites is 1. The summed E-state index contributed by atoms with van der Waals surface area (Å²) in [7, 11) is -0.990. The van der Waals surface area contributed by atoms with E-state index >= 15 is 4.39 Å². The van der Waals surface area contributed by atoms with Crippen LogP contribution in [-0.2, 0) is 30.6 Å². The molecule has 1 aromatic heterocycles. The first-order valence-electron chi connectivity index (χ1n) is 10.0. The number of benzene rings is 1. The van der Waals surface area contributed by atoms with Crippen LogP contribution in [0.4, 0.5) is 4.39 Å². The number of aliphatic hydroxyl groups excluding tert-OH is 2. The average Bonchev–Trinajstić information content (AvgIpc) is 2.90. The number of phosphoric ester groups is 1. The lowest BCUT2D eigenvalue weighted by Gasteiger charge is -2.41. The first-order valence-corrected chi connectivity index (χ1v) is 11.5. The van der Waals surface area contributed by atoms with Gasteiger partial charge in [-0.3, -0.25) is 23.4 Å². The number of nitrogens with one attached hydrogen (secondary N) is 1. The first-order chi connectivity index (χ1) is 15.2. The highest BCUT2D eigenvalue weighted by Crippen LogP contribution is 2.59. The summed E-state index contributed by atoms with van der Waals surface area (Å²) in [6.45, 7) is 1.60. The van der Waals surface area contributed by atoms with Crippen LogP contribution in [0.3, 0.4) is 0 Å². The fourth-order valence-corrected chi connectivity index (χ4v) is 5.59. The molecule has 0 saturated carbocycles. The summed E-state index contributed by atoms with van der Waals surface area (Å²) in [5, 5.41) is 19.1. The lowest BCUT2D eigenvalue weighted by atomic mass is 9.59. The predicted molar refractivity (Wildman–Crippen MR) is 120 cm³/mol. The van der Waals surface area contributed by atoms with Crippen molar-refractivity contribution in [2.24, 2.45) is 0 Å². The van der Waals surface area contributed by atoms with Gasteiger partial charge in [0.05, 0.1) is 12.0 Å². The van der Waals surface area contributed by atoms with Crippen LogP contribution in [-0.4, -0.2) is 66.8 Å². The molecular weight excluding hydrogens is 459 g/mol. The number of rotatable bonds is 4. The van der Waals surface area contributed by atoms with Gasteiger partial charge in [-0.05, 0) is 12.5 Å². The van der Waals surface area contributed by atoms with Crippen molar-refractivity contribution in [1.82, 2.24) is 9.55 Å². The molecule has 4 rings (SSSR count). The molecule has 0 spiro atoms. The number of alkyl halides is 1. The number of aromatic nitrogens is 2. The molecule has 2 aromatic rings. The van der Waals surface area contributed by atoms with E-state index in [9.17, 15) is 24.4 Å². The average molecular weight is 480 g/mol. The normalized spacial score (nSPS) is 33.9. The van der Waals surface area contributed by atoms with Gasteiger partial charge in [0.15, 0.2) is 7.85 Å². The molecule has 1 aromatic carbocycles. The molecule has 1 fully saturated rings. The number of fused-ring (bicyclic) bond motifs is 1. The van der Waals surface area contributed by atoms with E-state index in [-0.39, 0.29) is 12.4 Å². The Morgan fingerprint density at radius 1 is 1.30 bits per heavy atom. The largest absolute Gasteiger partial charge is 0.529 e. The Morgan fingerprint density at radius 2 is 2.00 bits per heavy atom. The smallest absolute Gasteiger partial charge is 0.403 e. The van der Waals surface area contributed by atoms with Crippen LogP contribution < -0.4 is 15.8 Å². The zero-order chi connectivity index (χ0) is 24.4. The van der Waals surface area contributed by atoms with Gasteiger partial charge in [0.1, 0.15) is 39.3 Å². The standard InChI is InChI=1S/C17H21B3FN2O9P/c1-8-3-2-4-9-7-29-33(28,30-11(8)9)32-17(19,20)15(21)12(25)13(26)16(18,31-15)23-6-5-10(24)22-14(23)27/h2-6,12-13,25-26H,7,18-20H2,1H3,(H,22,24,27)/t12-,13+,15-,16-,33?/m0/s1. The number of H-pyrrole nitrogens is 1.